The summed E-state index contributed by atoms with van der Waals surface area (Å²) in [5.41, 5.74) is 3.66. The summed E-state index contributed by atoms with van der Waals surface area (Å²) in [7, 11) is 0. The van der Waals surface area contributed by atoms with Gasteiger partial charge in [-0.25, -0.2) is 4.68 Å². The van der Waals surface area contributed by atoms with Crippen LogP contribution in [-0.4, -0.2) is 97.2 Å². The van der Waals surface area contributed by atoms with E-state index >= 15 is 0 Å². The first-order chi connectivity index (χ1) is 24.4. The van der Waals surface area contributed by atoms with E-state index in [1.807, 2.05) is 30.3 Å². The molecule has 6 rings (SSSR count). The fourth-order valence-electron chi connectivity index (χ4n) is 7.99. The average Bonchev–Trinajstić information content (AvgIpc) is 3.80. The van der Waals surface area contributed by atoms with E-state index < -0.39 is 59.0 Å². The summed E-state index contributed by atoms with van der Waals surface area (Å²) < 4.78 is 7.01. The van der Waals surface area contributed by atoms with Crippen molar-refractivity contribution in [2.75, 3.05) is 19.8 Å². The number of fused-ring (bicyclic) bond motifs is 1. The number of nitrogens with two attached hydrogens (primary N) is 1. The van der Waals surface area contributed by atoms with Crippen LogP contribution >= 0.6 is 0 Å². The van der Waals surface area contributed by atoms with Crippen LogP contribution in [0.1, 0.15) is 93.7 Å². The van der Waals surface area contributed by atoms with Gasteiger partial charge in [0.25, 0.3) is 5.91 Å². The first-order valence-corrected chi connectivity index (χ1v) is 18.0. The van der Waals surface area contributed by atoms with Gasteiger partial charge in [0.15, 0.2) is 6.10 Å². The number of amides is 4. The molecule has 0 radical (unpaired) electrons. The molecule has 14 nitrogen and oxygen atoms in total. The van der Waals surface area contributed by atoms with Gasteiger partial charge < -0.3 is 36.2 Å². The smallest absolute Gasteiger partial charge is 0.251 e. The molecule has 14 heteroatoms. The molecule has 3 heterocycles. The summed E-state index contributed by atoms with van der Waals surface area (Å²) in [6.45, 7) is 3.64. The summed E-state index contributed by atoms with van der Waals surface area (Å²) in [6, 6.07) is 10.6. The molecule has 0 spiro atoms. The van der Waals surface area contributed by atoms with Crippen molar-refractivity contribution in [2.45, 2.75) is 107 Å². The van der Waals surface area contributed by atoms with Gasteiger partial charge in [0, 0.05) is 31.7 Å². The fraction of sp³-hybridized carbons (Fsp3) is 0.568. The molecule has 3 aromatic rings. The predicted octanol–water partition coefficient (Wildman–Crippen LogP) is 2.08. The number of carbonyl (C=O) groups excluding carboxylic acids is 4. The molecule has 1 aromatic heterocycles. The molecule has 3 aliphatic rings. The van der Waals surface area contributed by atoms with E-state index in [1.54, 1.807) is 30.7 Å². The van der Waals surface area contributed by atoms with Crippen LogP contribution in [0.2, 0.25) is 0 Å². The normalized spacial score (nSPS) is 22.3. The van der Waals surface area contributed by atoms with Crippen LogP contribution < -0.4 is 16.4 Å². The van der Waals surface area contributed by atoms with Gasteiger partial charge in [-0.15, -0.1) is 5.10 Å². The average molecular weight is 704 g/mol. The van der Waals surface area contributed by atoms with Gasteiger partial charge >= 0.3 is 0 Å². The Morgan fingerprint density at radius 1 is 1.06 bits per heavy atom. The van der Waals surface area contributed by atoms with Crippen molar-refractivity contribution >= 4 is 34.4 Å². The van der Waals surface area contributed by atoms with Crippen molar-refractivity contribution in [3.8, 4) is 0 Å². The standard InChI is InChI=1S/C37H49N7O7/c1-36(2,50)30-21-39-42-44(30)27-20-29(34(48)41-37(31(45)32(38)46)14-16-51-17-15-37)43(22-27)35(49)28(18-23-8-4-3-5-9-23)40-33(47)26-13-12-24-10-6-7-11-25(24)19-26/h6-7,10-13,19,21,23,27-29,31,45,50H,3-5,8-9,14-18,20,22H2,1-2H3,(H2,38,46)(H,40,47)(H,41,48)/t27-,28+,29-,31?/m0/s1. The number of primary amides is 1. The minimum Gasteiger partial charge on any atom is -0.384 e. The van der Waals surface area contributed by atoms with Gasteiger partial charge in [0.05, 0.1) is 23.5 Å². The molecule has 1 unspecified atom stereocenters. The number of benzene rings is 2. The topological polar surface area (TPSA) is 202 Å². The third kappa shape index (κ3) is 7.92. The van der Waals surface area contributed by atoms with Gasteiger partial charge in [0.1, 0.15) is 17.7 Å². The van der Waals surface area contributed by atoms with Crippen LogP contribution in [0, 0.1) is 5.92 Å². The number of aliphatic hydroxyl groups excluding tert-OH is 1. The Balaban J connectivity index is 1.33. The third-order valence-electron chi connectivity index (χ3n) is 10.9. The van der Waals surface area contributed by atoms with Gasteiger partial charge in [0.2, 0.25) is 17.7 Å². The molecule has 3 fully saturated rings. The van der Waals surface area contributed by atoms with E-state index in [0.717, 1.165) is 42.9 Å². The molecule has 2 aromatic carbocycles. The van der Waals surface area contributed by atoms with E-state index in [-0.39, 0.29) is 44.9 Å². The zero-order valence-electron chi connectivity index (χ0n) is 29.3. The van der Waals surface area contributed by atoms with Crippen molar-refractivity contribution < 1.29 is 34.1 Å². The Kier molecular flexibility index (Phi) is 10.7. The van der Waals surface area contributed by atoms with E-state index in [4.69, 9.17) is 10.5 Å². The number of rotatable bonds is 11. The molecule has 274 valence electrons. The van der Waals surface area contributed by atoms with Gasteiger partial charge in [-0.05, 0) is 61.9 Å². The number of aromatic nitrogens is 3. The van der Waals surface area contributed by atoms with E-state index in [0.29, 0.717) is 17.7 Å². The Labute approximate surface area is 297 Å². The monoisotopic (exact) mass is 703 g/mol. The lowest BCUT2D eigenvalue weighted by atomic mass is 9.83. The van der Waals surface area contributed by atoms with Crippen molar-refractivity contribution in [1.29, 1.82) is 0 Å². The first-order valence-electron chi connectivity index (χ1n) is 18.0. The van der Waals surface area contributed by atoms with Gasteiger partial charge in [-0.1, -0.05) is 67.6 Å². The molecule has 2 saturated heterocycles. The minimum atomic E-state index is -1.68. The Bertz CT molecular complexity index is 1740. The summed E-state index contributed by atoms with van der Waals surface area (Å²) in [5.74, 6) is -2.15. The summed E-state index contributed by atoms with van der Waals surface area (Å²) in [5, 5.41) is 37.9. The zero-order chi connectivity index (χ0) is 36.3. The molecule has 2 aliphatic heterocycles. The molecule has 4 amide bonds. The second-order valence-electron chi connectivity index (χ2n) is 14.9. The Morgan fingerprint density at radius 2 is 1.76 bits per heavy atom. The lowest BCUT2D eigenvalue weighted by Crippen LogP contribution is -2.65. The number of carbonyl (C=O) groups is 4. The van der Waals surface area contributed by atoms with Crippen molar-refractivity contribution in [1.82, 2.24) is 30.5 Å². The van der Waals surface area contributed by atoms with Crippen molar-refractivity contribution in [2.24, 2.45) is 11.7 Å². The van der Waals surface area contributed by atoms with Crippen LogP contribution in [0.15, 0.2) is 48.7 Å². The van der Waals surface area contributed by atoms with E-state index in [1.165, 1.54) is 11.1 Å². The number of nitrogens with zero attached hydrogens (tertiary/aromatic N) is 4. The number of nitrogens with one attached hydrogen (secondary N) is 2. The molecular formula is C37H49N7O7. The zero-order valence-corrected chi connectivity index (χ0v) is 29.3. The molecule has 0 bridgehead atoms. The minimum absolute atomic E-state index is 0.0465. The van der Waals surface area contributed by atoms with Crippen LogP contribution in [0.25, 0.3) is 10.8 Å². The lowest BCUT2D eigenvalue weighted by molar-refractivity contribution is -0.145. The van der Waals surface area contributed by atoms with Gasteiger partial charge in [-0.3, -0.25) is 19.2 Å². The van der Waals surface area contributed by atoms with Gasteiger partial charge in [-0.2, -0.15) is 0 Å². The third-order valence-corrected chi connectivity index (χ3v) is 10.9. The number of hydrogen-bond donors (Lipinski definition) is 5. The molecule has 1 saturated carbocycles. The number of aliphatic hydroxyl groups is 2. The van der Waals surface area contributed by atoms with E-state index in [9.17, 15) is 29.4 Å². The summed E-state index contributed by atoms with van der Waals surface area (Å²) >= 11 is 0. The van der Waals surface area contributed by atoms with Crippen molar-refractivity contribution in [3.05, 3.63) is 59.9 Å². The second kappa shape index (κ2) is 15.1. The number of likely N-dealkylation sites (tertiary alicyclic amines) is 1. The maximum Gasteiger partial charge on any atom is 0.251 e. The van der Waals surface area contributed by atoms with Crippen LogP contribution in [0.5, 0.6) is 0 Å². The highest BCUT2D eigenvalue weighted by Crippen LogP contribution is 2.35. The van der Waals surface area contributed by atoms with Crippen LogP contribution in [0.3, 0.4) is 0 Å². The van der Waals surface area contributed by atoms with E-state index in [2.05, 4.69) is 20.9 Å². The largest absolute Gasteiger partial charge is 0.384 e. The molecular weight excluding hydrogens is 654 g/mol. The predicted molar refractivity (Wildman–Crippen MR) is 187 cm³/mol. The summed E-state index contributed by atoms with van der Waals surface area (Å²) in [6.07, 6.45) is 5.67. The second-order valence-corrected chi connectivity index (χ2v) is 14.9. The quantitative estimate of drug-likeness (QED) is 0.198. The number of ether oxygens (including phenoxy) is 1. The highest BCUT2D eigenvalue weighted by molar-refractivity contribution is 6.01. The highest BCUT2D eigenvalue weighted by Gasteiger charge is 2.49. The maximum absolute atomic E-state index is 14.8. The SMILES string of the molecule is CC(C)(O)c1cnnn1[C@H]1C[C@@H](C(=O)NC2(C(O)C(N)=O)CCOCC2)N(C(=O)[C@@H](CC2CCCCC2)NC(=O)c2ccc3ccccc3c2)C1. The van der Waals surface area contributed by atoms with Crippen LogP contribution in [0.4, 0.5) is 0 Å². The molecule has 4 atom stereocenters. The van der Waals surface area contributed by atoms with Crippen LogP contribution in [-0.2, 0) is 24.7 Å². The lowest BCUT2D eigenvalue weighted by Gasteiger charge is -2.41. The Hall–Kier alpha value is -4.40. The molecule has 51 heavy (non-hydrogen) atoms. The summed E-state index contributed by atoms with van der Waals surface area (Å²) in [4.78, 5) is 56.7. The highest BCUT2D eigenvalue weighted by atomic mass is 16.5. The van der Waals surface area contributed by atoms with Crippen molar-refractivity contribution in [3.63, 3.8) is 0 Å². The Morgan fingerprint density at radius 3 is 2.45 bits per heavy atom. The fourth-order valence-corrected chi connectivity index (χ4v) is 7.99. The first kappa shape index (κ1) is 36.4. The molecule has 6 N–H and O–H groups in total. The molecule has 1 aliphatic carbocycles. The maximum atomic E-state index is 14.8. The number of hydrogen-bond acceptors (Lipinski definition) is 9.